The Morgan fingerprint density at radius 3 is 2.45 bits per heavy atom. The molecule has 0 saturated carbocycles. The number of piperazine rings is 1. The maximum absolute atomic E-state index is 12.9. The van der Waals surface area contributed by atoms with Gasteiger partial charge in [-0.2, -0.15) is 0 Å². The third-order valence-electron chi connectivity index (χ3n) is 4.99. The smallest absolute Gasteiger partial charge is 0.247 e. The molecule has 2 aromatic carbocycles. The van der Waals surface area contributed by atoms with Crippen molar-refractivity contribution in [2.45, 2.75) is 17.9 Å². The number of benzene rings is 2. The van der Waals surface area contributed by atoms with Crippen LogP contribution in [0.3, 0.4) is 0 Å². The Balaban J connectivity index is 1.73. The lowest BCUT2D eigenvalue weighted by atomic mass is 10.0. The minimum atomic E-state index is -3.47. The normalized spacial score (nSPS) is 18.3. The Kier molecular flexibility index (Phi) is 6.84. The first-order valence-electron chi connectivity index (χ1n) is 9.72. The van der Waals surface area contributed by atoms with Gasteiger partial charge in [0.2, 0.25) is 15.9 Å². The molecule has 0 aromatic heterocycles. The molecule has 1 saturated heterocycles. The topological polar surface area (TPSA) is 69.7 Å². The molecule has 154 valence electrons. The molecule has 29 heavy (non-hydrogen) atoms. The predicted molar refractivity (Wildman–Crippen MR) is 115 cm³/mol. The van der Waals surface area contributed by atoms with Gasteiger partial charge in [-0.3, -0.25) is 4.79 Å². The van der Waals surface area contributed by atoms with E-state index in [0.29, 0.717) is 13.1 Å². The summed E-state index contributed by atoms with van der Waals surface area (Å²) < 4.78 is 26.5. The molecule has 1 unspecified atom stereocenters. The molecule has 1 atom stereocenters. The van der Waals surface area contributed by atoms with Crippen molar-refractivity contribution < 1.29 is 13.2 Å². The van der Waals surface area contributed by atoms with Crippen molar-refractivity contribution >= 4 is 22.0 Å². The fourth-order valence-corrected chi connectivity index (χ4v) is 4.48. The van der Waals surface area contributed by atoms with E-state index in [1.165, 1.54) is 0 Å². The highest BCUT2D eigenvalue weighted by Crippen LogP contribution is 2.25. The van der Waals surface area contributed by atoms with E-state index in [-0.39, 0.29) is 16.8 Å². The zero-order valence-corrected chi connectivity index (χ0v) is 17.6. The predicted octanol–water partition coefficient (Wildman–Crippen LogP) is 2.51. The average molecular weight is 414 g/mol. The summed E-state index contributed by atoms with van der Waals surface area (Å²) in [5.74, 6) is -0.0451. The molecule has 7 heteroatoms. The molecular weight excluding hydrogens is 386 g/mol. The third-order valence-corrected chi connectivity index (χ3v) is 6.56. The van der Waals surface area contributed by atoms with Gasteiger partial charge >= 0.3 is 0 Å². The van der Waals surface area contributed by atoms with E-state index in [1.54, 1.807) is 43.3 Å². The van der Waals surface area contributed by atoms with Gasteiger partial charge in [0, 0.05) is 32.3 Å². The summed E-state index contributed by atoms with van der Waals surface area (Å²) in [7, 11) is -1.41. The van der Waals surface area contributed by atoms with Crippen LogP contribution in [0.2, 0.25) is 0 Å². The van der Waals surface area contributed by atoms with Gasteiger partial charge in [-0.15, -0.1) is 0 Å². The molecule has 0 aliphatic carbocycles. The van der Waals surface area contributed by atoms with E-state index >= 15 is 0 Å². The number of nitrogens with zero attached hydrogens (tertiary/aromatic N) is 2. The molecule has 1 amide bonds. The highest BCUT2D eigenvalue weighted by atomic mass is 32.2. The second kappa shape index (κ2) is 9.35. The highest BCUT2D eigenvalue weighted by molar-refractivity contribution is 7.89. The van der Waals surface area contributed by atoms with Crippen LogP contribution in [-0.4, -0.2) is 57.4 Å². The van der Waals surface area contributed by atoms with E-state index in [9.17, 15) is 13.2 Å². The Bertz CT molecular complexity index is 957. The Hall–Kier alpha value is -2.48. The molecule has 0 spiro atoms. The summed E-state index contributed by atoms with van der Waals surface area (Å²) in [5.41, 5.74) is 1.90. The number of rotatable bonds is 6. The summed E-state index contributed by atoms with van der Waals surface area (Å²) in [6.07, 6.45) is 3.29. The Morgan fingerprint density at radius 1 is 1.10 bits per heavy atom. The molecule has 1 aliphatic rings. The maximum Gasteiger partial charge on any atom is 0.247 e. The molecule has 1 heterocycles. The molecule has 3 rings (SSSR count). The zero-order chi connectivity index (χ0) is 20.9. The van der Waals surface area contributed by atoms with Gasteiger partial charge in [0.05, 0.1) is 10.9 Å². The van der Waals surface area contributed by atoms with E-state index in [2.05, 4.69) is 28.8 Å². The van der Waals surface area contributed by atoms with Crippen LogP contribution < -0.4 is 4.72 Å². The first kappa shape index (κ1) is 21.2. The van der Waals surface area contributed by atoms with Gasteiger partial charge in [-0.05, 0) is 36.4 Å². The number of amides is 1. The summed E-state index contributed by atoms with van der Waals surface area (Å²) >= 11 is 0. The average Bonchev–Trinajstić information content (AvgIpc) is 2.73. The fourth-order valence-electron chi connectivity index (χ4n) is 3.44. The van der Waals surface area contributed by atoms with E-state index in [1.807, 2.05) is 23.1 Å². The van der Waals surface area contributed by atoms with E-state index in [0.717, 1.165) is 24.2 Å². The van der Waals surface area contributed by atoms with Crippen molar-refractivity contribution in [3.63, 3.8) is 0 Å². The fraction of sp³-hybridized carbons (Fsp3) is 0.318. The van der Waals surface area contributed by atoms with Crippen LogP contribution in [0.1, 0.15) is 24.1 Å². The van der Waals surface area contributed by atoms with Crippen molar-refractivity contribution in [3.8, 4) is 0 Å². The largest absolute Gasteiger partial charge is 0.330 e. The van der Waals surface area contributed by atoms with Crippen molar-refractivity contribution in [1.29, 1.82) is 0 Å². The number of nitrogens with one attached hydrogen (secondary N) is 1. The number of hydrogen-bond acceptors (Lipinski definition) is 4. The third kappa shape index (κ3) is 5.32. The molecule has 0 radical (unpaired) electrons. The van der Waals surface area contributed by atoms with Gasteiger partial charge in [-0.25, -0.2) is 13.1 Å². The number of carbonyl (C=O) groups excluding carboxylic acids is 1. The summed E-state index contributed by atoms with van der Waals surface area (Å²) in [6, 6.07) is 16.6. The van der Waals surface area contributed by atoms with Crippen LogP contribution in [0, 0.1) is 0 Å². The van der Waals surface area contributed by atoms with Crippen LogP contribution >= 0.6 is 0 Å². The van der Waals surface area contributed by atoms with Crippen LogP contribution in [0.15, 0.2) is 65.6 Å². The van der Waals surface area contributed by atoms with Gasteiger partial charge in [0.25, 0.3) is 0 Å². The first-order chi connectivity index (χ1) is 13.9. The van der Waals surface area contributed by atoms with E-state index in [4.69, 9.17) is 0 Å². The number of sulfonamides is 1. The van der Waals surface area contributed by atoms with Crippen molar-refractivity contribution in [2.75, 3.05) is 33.2 Å². The van der Waals surface area contributed by atoms with Crippen LogP contribution in [0.4, 0.5) is 0 Å². The number of carbonyl (C=O) groups is 1. The van der Waals surface area contributed by atoms with Gasteiger partial charge in [0.15, 0.2) is 0 Å². The zero-order valence-electron chi connectivity index (χ0n) is 16.8. The SMILES string of the molecule is CCNS(=O)(=O)c1ccc(/C=C/C(=O)N2CCN(C)CC2c2ccccc2)cc1. The van der Waals surface area contributed by atoms with Gasteiger partial charge in [0.1, 0.15) is 0 Å². The number of hydrogen-bond donors (Lipinski definition) is 1. The van der Waals surface area contributed by atoms with Crippen molar-refractivity contribution in [2.24, 2.45) is 0 Å². The van der Waals surface area contributed by atoms with Crippen molar-refractivity contribution in [3.05, 3.63) is 71.8 Å². The molecule has 1 fully saturated rings. The molecule has 1 N–H and O–H groups in total. The molecule has 2 aromatic rings. The molecular formula is C22H27N3O3S. The van der Waals surface area contributed by atoms with Crippen molar-refractivity contribution in [1.82, 2.24) is 14.5 Å². The van der Waals surface area contributed by atoms with Crippen LogP contribution in [0.5, 0.6) is 0 Å². The Labute approximate surface area is 172 Å². The van der Waals surface area contributed by atoms with Crippen LogP contribution in [-0.2, 0) is 14.8 Å². The van der Waals surface area contributed by atoms with Crippen LogP contribution in [0.25, 0.3) is 6.08 Å². The lowest BCUT2D eigenvalue weighted by molar-refractivity contribution is -0.130. The molecule has 6 nitrogen and oxygen atoms in total. The second-order valence-corrected chi connectivity index (χ2v) is 8.89. The lowest BCUT2D eigenvalue weighted by Gasteiger charge is -2.39. The summed E-state index contributed by atoms with van der Waals surface area (Å²) in [5, 5.41) is 0. The first-order valence-corrected chi connectivity index (χ1v) is 11.2. The Morgan fingerprint density at radius 2 is 1.79 bits per heavy atom. The molecule has 1 aliphatic heterocycles. The standard InChI is InChI=1S/C22H27N3O3S/c1-3-23-29(27,28)20-12-9-18(10-13-20)11-14-22(26)25-16-15-24(2)17-21(25)19-7-5-4-6-8-19/h4-14,21,23H,3,15-17H2,1-2H3/b14-11+. The highest BCUT2D eigenvalue weighted by Gasteiger charge is 2.28. The maximum atomic E-state index is 12.9. The summed E-state index contributed by atoms with van der Waals surface area (Å²) in [6.45, 7) is 4.37. The minimum absolute atomic E-state index is 0.0136. The van der Waals surface area contributed by atoms with Gasteiger partial charge < -0.3 is 9.80 Å². The van der Waals surface area contributed by atoms with E-state index < -0.39 is 10.0 Å². The van der Waals surface area contributed by atoms with Gasteiger partial charge in [-0.1, -0.05) is 49.4 Å². The number of likely N-dealkylation sites (N-methyl/N-ethyl adjacent to an activating group) is 1. The lowest BCUT2D eigenvalue weighted by Crippen LogP contribution is -2.48. The quantitative estimate of drug-likeness (QED) is 0.739. The summed E-state index contributed by atoms with van der Waals surface area (Å²) in [4.78, 5) is 17.2. The molecule has 0 bridgehead atoms. The second-order valence-electron chi connectivity index (χ2n) is 7.12. The minimum Gasteiger partial charge on any atom is -0.330 e. The monoisotopic (exact) mass is 413 g/mol.